The van der Waals surface area contributed by atoms with E-state index in [1.54, 1.807) is 49.0 Å². The summed E-state index contributed by atoms with van der Waals surface area (Å²) in [5, 5.41) is 3.45. The van der Waals surface area contributed by atoms with Gasteiger partial charge in [0.05, 0.1) is 6.61 Å². The minimum absolute atomic E-state index is 0.000409. The van der Waals surface area contributed by atoms with Crippen molar-refractivity contribution in [1.29, 1.82) is 0 Å². The topological polar surface area (TPSA) is 68.5 Å². The van der Waals surface area contributed by atoms with Crippen molar-refractivity contribution >= 4 is 40.3 Å². The van der Waals surface area contributed by atoms with E-state index in [4.69, 9.17) is 9.15 Å². The molecule has 26 heavy (non-hydrogen) atoms. The van der Waals surface area contributed by atoms with Crippen LogP contribution >= 0.6 is 11.8 Å². The van der Waals surface area contributed by atoms with E-state index >= 15 is 0 Å². The Balaban J connectivity index is 1.92. The monoisotopic (exact) mass is 369 g/mol. The molecule has 0 aliphatic rings. The number of rotatable bonds is 6. The van der Waals surface area contributed by atoms with Gasteiger partial charge in [-0.15, -0.1) is 11.8 Å². The van der Waals surface area contributed by atoms with Crippen molar-refractivity contribution in [3.05, 3.63) is 59.9 Å². The number of carbonyl (C=O) groups is 2. The van der Waals surface area contributed by atoms with Crippen LogP contribution in [0.5, 0.6) is 0 Å². The van der Waals surface area contributed by atoms with Gasteiger partial charge in [-0.05, 0) is 49.1 Å². The number of ether oxygens (including phenoxy) is 1. The van der Waals surface area contributed by atoms with E-state index in [1.807, 2.05) is 18.2 Å². The first-order valence-corrected chi connectivity index (χ1v) is 9.35. The standard InChI is InChI=1S/C20H19NO4S/c1-3-24-20(23)18-17(15-7-5-6-8-16(15)25-18)21-19(22)13-9-11-14(12-10-13)26-4-2/h5-12H,3-4H2,1-2H3,(H,21,22). The molecule has 3 rings (SSSR count). The highest BCUT2D eigenvalue weighted by molar-refractivity contribution is 7.99. The zero-order valence-electron chi connectivity index (χ0n) is 14.6. The van der Waals surface area contributed by atoms with Gasteiger partial charge in [0.15, 0.2) is 0 Å². The summed E-state index contributed by atoms with van der Waals surface area (Å²) in [6.45, 7) is 4.01. The number of furan rings is 1. The summed E-state index contributed by atoms with van der Waals surface area (Å²) in [4.78, 5) is 25.9. The summed E-state index contributed by atoms with van der Waals surface area (Å²) in [5.74, 6) is 0.0542. The minimum Gasteiger partial charge on any atom is -0.460 e. The Morgan fingerprint density at radius 1 is 1.08 bits per heavy atom. The van der Waals surface area contributed by atoms with Gasteiger partial charge in [-0.2, -0.15) is 0 Å². The predicted molar refractivity (Wildman–Crippen MR) is 103 cm³/mol. The second-order valence-corrected chi connectivity index (χ2v) is 6.77. The Morgan fingerprint density at radius 3 is 2.50 bits per heavy atom. The summed E-state index contributed by atoms with van der Waals surface area (Å²) in [5.41, 5.74) is 1.35. The second kappa shape index (κ2) is 8.10. The van der Waals surface area contributed by atoms with Crippen molar-refractivity contribution in [2.45, 2.75) is 18.7 Å². The van der Waals surface area contributed by atoms with Crippen LogP contribution in [0.25, 0.3) is 11.0 Å². The van der Waals surface area contributed by atoms with Crippen molar-refractivity contribution in [3.63, 3.8) is 0 Å². The molecule has 0 aliphatic heterocycles. The highest BCUT2D eigenvalue weighted by Crippen LogP contribution is 2.32. The number of hydrogen-bond donors (Lipinski definition) is 1. The Morgan fingerprint density at radius 2 is 1.81 bits per heavy atom. The summed E-state index contributed by atoms with van der Waals surface area (Å²) < 4.78 is 10.7. The molecule has 2 aromatic carbocycles. The van der Waals surface area contributed by atoms with Crippen molar-refractivity contribution in [1.82, 2.24) is 0 Å². The Labute approximate surface area is 155 Å². The summed E-state index contributed by atoms with van der Waals surface area (Å²) >= 11 is 1.71. The van der Waals surface area contributed by atoms with Crippen molar-refractivity contribution in [2.75, 3.05) is 17.7 Å². The van der Waals surface area contributed by atoms with Crippen LogP contribution in [0.2, 0.25) is 0 Å². The first kappa shape index (κ1) is 18.1. The number of hydrogen-bond acceptors (Lipinski definition) is 5. The van der Waals surface area contributed by atoms with Gasteiger partial charge in [0.1, 0.15) is 11.3 Å². The Kier molecular flexibility index (Phi) is 5.63. The number of esters is 1. The SMILES string of the molecule is CCOC(=O)c1oc2ccccc2c1NC(=O)c1ccc(SCC)cc1. The molecule has 1 N–H and O–H groups in total. The molecule has 6 heteroatoms. The molecule has 0 fully saturated rings. The van der Waals surface area contributed by atoms with Gasteiger partial charge in [0.2, 0.25) is 5.76 Å². The minimum atomic E-state index is -0.603. The third-order valence-corrected chi connectivity index (χ3v) is 4.62. The number of amides is 1. The summed E-state index contributed by atoms with van der Waals surface area (Å²) in [7, 11) is 0. The van der Waals surface area contributed by atoms with E-state index in [0.717, 1.165) is 10.6 Å². The van der Waals surface area contributed by atoms with E-state index in [2.05, 4.69) is 12.2 Å². The first-order chi connectivity index (χ1) is 12.6. The third kappa shape index (κ3) is 3.75. The fraction of sp³-hybridized carbons (Fsp3) is 0.200. The molecule has 0 atom stereocenters. The Bertz CT molecular complexity index is 931. The molecule has 0 spiro atoms. The molecule has 0 unspecified atom stereocenters. The lowest BCUT2D eigenvalue weighted by atomic mass is 10.2. The first-order valence-electron chi connectivity index (χ1n) is 8.37. The maximum atomic E-state index is 12.6. The number of nitrogens with one attached hydrogen (secondary N) is 1. The van der Waals surface area contributed by atoms with E-state index in [-0.39, 0.29) is 18.3 Å². The van der Waals surface area contributed by atoms with Crippen LogP contribution in [-0.4, -0.2) is 24.2 Å². The predicted octanol–water partition coefficient (Wildman–Crippen LogP) is 4.97. The van der Waals surface area contributed by atoms with Crippen molar-refractivity contribution in [2.24, 2.45) is 0 Å². The van der Waals surface area contributed by atoms with Crippen molar-refractivity contribution in [3.8, 4) is 0 Å². The van der Waals surface area contributed by atoms with Crippen LogP contribution in [0.15, 0.2) is 57.8 Å². The number of fused-ring (bicyclic) bond motifs is 1. The largest absolute Gasteiger partial charge is 0.460 e. The average molecular weight is 369 g/mol. The number of benzene rings is 2. The lowest BCUT2D eigenvalue weighted by molar-refractivity contribution is 0.0494. The van der Waals surface area contributed by atoms with E-state index in [9.17, 15) is 9.59 Å². The molecule has 1 heterocycles. The van der Waals surface area contributed by atoms with E-state index in [1.165, 1.54) is 0 Å². The molecule has 1 amide bonds. The number of carbonyl (C=O) groups excluding carboxylic acids is 2. The van der Waals surface area contributed by atoms with Crippen LogP contribution in [-0.2, 0) is 4.74 Å². The van der Waals surface area contributed by atoms with Crippen LogP contribution in [0.4, 0.5) is 5.69 Å². The molecule has 1 aromatic heterocycles. The molecular formula is C20H19NO4S. The average Bonchev–Trinajstić information content (AvgIpc) is 3.01. The lowest BCUT2D eigenvalue weighted by Crippen LogP contribution is -2.14. The molecule has 0 bridgehead atoms. The van der Waals surface area contributed by atoms with Gasteiger partial charge in [-0.1, -0.05) is 19.1 Å². The fourth-order valence-corrected chi connectivity index (χ4v) is 3.23. The maximum absolute atomic E-state index is 12.6. The van der Waals surface area contributed by atoms with Crippen LogP contribution in [0.1, 0.15) is 34.8 Å². The summed E-state index contributed by atoms with van der Waals surface area (Å²) in [6.07, 6.45) is 0. The third-order valence-electron chi connectivity index (χ3n) is 3.72. The van der Waals surface area contributed by atoms with Gasteiger partial charge in [0.25, 0.3) is 5.91 Å². The smallest absolute Gasteiger partial charge is 0.376 e. The lowest BCUT2D eigenvalue weighted by Gasteiger charge is -2.07. The summed E-state index contributed by atoms with van der Waals surface area (Å²) in [6, 6.07) is 14.5. The second-order valence-electron chi connectivity index (χ2n) is 5.43. The van der Waals surface area contributed by atoms with Gasteiger partial charge in [-0.3, -0.25) is 4.79 Å². The number of thioether (sulfide) groups is 1. The quantitative estimate of drug-likeness (QED) is 0.490. The van der Waals surface area contributed by atoms with Gasteiger partial charge < -0.3 is 14.5 Å². The van der Waals surface area contributed by atoms with Crippen LogP contribution in [0, 0.1) is 0 Å². The normalized spacial score (nSPS) is 10.7. The van der Waals surface area contributed by atoms with Gasteiger partial charge >= 0.3 is 5.97 Å². The van der Waals surface area contributed by atoms with Gasteiger partial charge in [-0.25, -0.2) is 4.79 Å². The number of anilines is 1. The molecule has 0 radical (unpaired) electrons. The van der Waals surface area contributed by atoms with Crippen molar-refractivity contribution < 1.29 is 18.7 Å². The molecule has 5 nitrogen and oxygen atoms in total. The highest BCUT2D eigenvalue weighted by Gasteiger charge is 2.23. The Hall–Kier alpha value is -2.73. The zero-order valence-corrected chi connectivity index (χ0v) is 15.4. The number of para-hydroxylation sites is 1. The maximum Gasteiger partial charge on any atom is 0.376 e. The van der Waals surface area contributed by atoms with E-state index in [0.29, 0.717) is 22.2 Å². The fourth-order valence-electron chi connectivity index (χ4n) is 2.56. The molecule has 3 aromatic rings. The molecule has 0 saturated heterocycles. The van der Waals surface area contributed by atoms with Crippen LogP contribution in [0.3, 0.4) is 0 Å². The molecule has 134 valence electrons. The molecule has 0 saturated carbocycles. The van der Waals surface area contributed by atoms with E-state index < -0.39 is 5.97 Å². The molecule has 0 aliphatic carbocycles. The molecular weight excluding hydrogens is 350 g/mol. The highest BCUT2D eigenvalue weighted by atomic mass is 32.2. The van der Waals surface area contributed by atoms with Crippen LogP contribution < -0.4 is 5.32 Å². The zero-order chi connectivity index (χ0) is 18.5. The van der Waals surface area contributed by atoms with Gasteiger partial charge in [0, 0.05) is 15.8 Å².